The van der Waals surface area contributed by atoms with Crippen molar-refractivity contribution < 1.29 is 14.3 Å². The summed E-state index contributed by atoms with van der Waals surface area (Å²) in [6.45, 7) is 3.35. The molecule has 6 nitrogen and oxygen atoms in total. The number of nitrogens with one attached hydrogen (secondary N) is 1. The van der Waals surface area contributed by atoms with Gasteiger partial charge in [-0.25, -0.2) is 0 Å². The molecule has 0 spiro atoms. The number of nitrogens with zero attached hydrogens (tertiary/aromatic N) is 2. The van der Waals surface area contributed by atoms with Crippen molar-refractivity contribution in [2.24, 2.45) is 11.8 Å². The Bertz CT molecular complexity index is 1050. The van der Waals surface area contributed by atoms with E-state index >= 15 is 0 Å². The zero-order chi connectivity index (χ0) is 24.2. The summed E-state index contributed by atoms with van der Waals surface area (Å²) in [5.41, 5.74) is 3.41. The molecular formula is C29H37N3O3. The maximum atomic E-state index is 13.6. The minimum absolute atomic E-state index is 0.0302. The van der Waals surface area contributed by atoms with E-state index in [0.717, 1.165) is 68.7 Å². The molecule has 2 aromatic rings. The van der Waals surface area contributed by atoms with Gasteiger partial charge in [0.1, 0.15) is 5.75 Å². The molecule has 3 unspecified atom stereocenters. The molecule has 1 saturated heterocycles. The summed E-state index contributed by atoms with van der Waals surface area (Å²) in [4.78, 5) is 31.5. The van der Waals surface area contributed by atoms with Crippen molar-refractivity contribution in [3.05, 3.63) is 59.7 Å². The lowest BCUT2D eigenvalue weighted by atomic mass is 9.77. The number of rotatable bonds is 7. The molecule has 6 heteroatoms. The molecule has 3 atom stereocenters. The fourth-order valence-corrected chi connectivity index (χ4v) is 6.20. The smallest absolute Gasteiger partial charge is 0.230 e. The molecule has 2 heterocycles. The van der Waals surface area contributed by atoms with Gasteiger partial charge in [0.25, 0.3) is 0 Å². The largest absolute Gasteiger partial charge is 0.497 e. The van der Waals surface area contributed by atoms with Gasteiger partial charge in [-0.2, -0.15) is 0 Å². The molecule has 2 fully saturated rings. The summed E-state index contributed by atoms with van der Waals surface area (Å²) in [5, 5.41) is 3.27. The molecule has 2 aromatic carbocycles. The van der Waals surface area contributed by atoms with Crippen LogP contribution in [-0.2, 0) is 16.0 Å². The van der Waals surface area contributed by atoms with Crippen LogP contribution in [0.25, 0.3) is 0 Å². The molecule has 0 aromatic heterocycles. The van der Waals surface area contributed by atoms with E-state index < -0.39 is 0 Å². The lowest BCUT2D eigenvalue weighted by molar-refractivity contribution is -0.135. The number of amides is 2. The Morgan fingerprint density at radius 1 is 0.971 bits per heavy atom. The number of likely N-dealkylation sites (tertiary alicyclic amines) is 1. The topological polar surface area (TPSA) is 61.9 Å². The predicted molar refractivity (Wildman–Crippen MR) is 137 cm³/mol. The van der Waals surface area contributed by atoms with Crippen LogP contribution >= 0.6 is 0 Å². The summed E-state index contributed by atoms with van der Waals surface area (Å²) in [6.07, 6.45) is 6.85. The van der Waals surface area contributed by atoms with Crippen LogP contribution in [0, 0.1) is 11.8 Å². The Hall–Kier alpha value is -2.86. The van der Waals surface area contributed by atoms with Crippen LogP contribution in [0.2, 0.25) is 0 Å². The van der Waals surface area contributed by atoms with Crippen molar-refractivity contribution in [3.8, 4) is 5.75 Å². The first-order valence-electron chi connectivity index (χ1n) is 13.2. The van der Waals surface area contributed by atoms with Crippen LogP contribution in [0.4, 0.5) is 5.69 Å². The molecule has 3 aliphatic rings. The normalized spacial score (nSPS) is 23.1. The molecule has 35 heavy (non-hydrogen) atoms. The maximum Gasteiger partial charge on any atom is 0.230 e. The summed E-state index contributed by atoms with van der Waals surface area (Å²) in [5.74, 6) is 0.494. The van der Waals surface area contributed by atoms with Crippen molar-refractivity contribution in [1.29, 1.82) is 0 Å². The second kappa shape index (κ2) is 10.8. The van der Waals surface area contributed by atoms with E-state index in [1.807, 2.05) is 35.2 Å². The summed E-state index contributed by atoms with van der Waals surface area (Å²) >= 11 is 0. The number of anilines is 1. The van der Waals surface area contributed by atoms with Gasteiger partial charge in [-0.3, -0.25) is 14.5 Å². The highest BCUT2D eigenvalue weighted by Crippen LogP contribution is 2.36. The Balaban J connectivity index is 1.29. The van der Waals surface area contributed by atoms with E-state index in [1.165, 1.54) is 18.4 Å². The summed E-state index contributed by atoms with van der Waals surface area (Å²) in [6, 6.07) is 16.4. The second-order valence-electron chi connectivity index (χ2n) is 10.1. The third-order valence-corrected chi connectivity index (χ3v) is 8.10. The minimum Gasteiger partial charge on any atom is -0.497 e. The van der Waals surface area contributed by atoms with Crippen LogP contribution in [0.3, 0.4) is 0 Å². The molecule has 1 aliphatic carbocycles. The second-order valence-corrected chi connectivity index (χ2v) is 10.1. The van der Waals surface area contributed by atoms with Gasteiger partial charge in [-0.05, 0) is 74.5 Å². The molecule has 2 aliphatic heterocycles. The average molecular weight is 476 g/mol. The molecule has 1 N–H and O–H groups in total. The van der Waals surface area contributed by atoms with Crippen LogP contribution < -0.4 is 15.0 Å². The lowest BCUT2D eigenvalue weighted by Gasteiger charge is -2.34. The van der Waals surface area contributed by atoms with Crippen LogP contribution in [0.1, 0.15) is 55.7 Å². The van der Waals surface area contributed by atoms with Gasteiger partial charge in [0.05, 0.1) is 19.1 Å². The molecule has 0 bridgehead atoms. The van der Waals surface area contributed by atoms with Gasteiger partial charge < -0.3 is 15.0 Å². The van der Waals surface area contributed by atoms with Gasteiger partial charge in [0, 0.05) is 24.7 Å². The minimum atomic E-state index is -0.256. The van der Waals surface area contributed by atoms with Crippen LogP contribution in [0.5, 0.6) is 5.75 Å². The van der Waals surface area contributed by atoms with Crippen LogP contribution in [0.15, 0.2) is 48.5 Å². The zero-order valence-corrected chi connectivity index (χ0v) is 20.7. The number of hydrogen-bond donors (Lipinski definition) is 1. The fourth-order valence-electron chi connectivity index (χ4n) is 6.20. The van der Waals surface area contributed by atoms with Crippen molar-refractivity contribution >= 4 is 17.5 Å². The van der Waals surface area contributed by atoms with Gasteiger partial charge >= 0.3 is 0 Å². The molecular weight excluding hydrogens is 438 g/mol. The molecule has 1 saturated carbocycles. The predicted octanol–water partition coefficient (Wildman–Crippen LogP) is 4.34. The first-order chi connectivity index (χ1) is 17.2. The molecule has 2 amide bonds. The van der Waals surface area contributed by atoms with E-state index in [4.69, 9.17) is 4.74 Å². The fraction of sp³-hybridized carbons (Fsp3) is 0.517. The third kappa shape index (κ3) is 5.08. The standard InChI is InChI=1S/C29H37N3O3/c1-35-23-11-8-10-22(19-23)27(31-16-6-7-17-31)20-30-28(33)24-12-3-4-13-25(24)29(34)32-18-15-21-9-2-5-14-26(21)32/h2,5,8-11,14,19,24-25,27H,3-4,6-7,12-13,15-18,20H2,1H3,(H,30,33). The number of benzene rings is 2. The van der Waals surface area contributed by atoms with Crippen molar-refractivity contribution in [3.63, 3.8) is 0 Å². The Kier molecular flexibility index (Phi) is 7.37. The number of ether oxygens (including phenoxy) is 1. The Labute approximate surface area is 208 Å². The SMILES string of the molecule is COc1cccc(C(CNC(=O)C2CCCCC2C(=O)N2CCc3ccccc32)N2CCCC2)c1. The van der Waals surface area contributed by atoms with E-state index in [1.54, 1.807) is 7.11 Å². The number of fused-ring (bicyclic) bond motifs is 1. The maximum absolute atomic E-state index is 13.6. The molecule has 0 radical (unpaired) electrons. The Morgan fingerprint density at radius 3 is 2.54 bits per heavy atom. The third-order valence-electron chi connectivity index (χ3n) is 8.10. The highest BCUT2D eigenvalue weighted by Gasteiger charge is 2.40. The number of carbonyl (C=O) groups excluding carboxylic acids is 2. The van der Waals surface area contributed by atoms with Crippen molar-refractivity contribution in [2.75, 3.05) is 38.2 Å². The lowest BCUT2D eigenvalue weighted by Crippen LogP contribution is -2.46. The molecule has 186 valence electrons. The zero-order valence-electron chi connectivity index (χ0n) is 20.7. The average Bonchev–Trinajstić information content (AvgIpc) is 3.59. The summed E-state index contributed by atoms with van der Waals surface area (Å²) in [7, 11) is 1.69. The first kappa shape index (κ1) is 23.9. The van der Waals surface area contributed by atoms with E-state index in [2.05, 4.69) is 28.4 Å². The highest BCUT2D eigenvalue weighted by molar-refractivity contribution is 5.99. The van der Waals surface area contributed by atoms with Gasteiger partial charge in [0.2, 0.25) is 11.8 Å². The van der Waals surface area contributed by atoms with E-state index in [0.29, 0.717) is 6.54 Å². The number of carbonyl (C=O) groups is 2. The number of para-hydroxylation sites is 1. The van der Waals surface area contributed by atoms with Gasteiger partial charge in [0.15, 0.2) is 0 Å². The van der Waals surface area contributed by atoms with Gasteiger partial charge in [-0.15, -0.1) is 0 Å². The first-order valence-corrected chi connectivity index (χ1v) is 13.2. The summed E-state index contributed by atoms with van der Waals surface area (Å²) < 4.78 is 5.45. The van der Waals surface area contributed by atoms with Gasteiger partial charge in [-0.1, -0.05) is 43.2 Å². The van der Waals surface area contributed by atoms with Crippen LogP contribution in [-0.4, -0.2) is 50.0 Å². The quantitative estimate of drug-likeness (QED) is 0.647. The number of methoxy groups -OCH3 is 1. The monoisotopic (exact) mass is 475 g/mol. The Morgan fingerprint density at radius 2 is 1.74 bits per heavy atom. The van der Waals surface area contributed by atoms with Crippen molar-refractivity contribution in [2.45, 2.75) is 51.0 Å². The number of hydrogen-bond acceptors (Lipinski definition) is 4. The van der Waals surface area contributed by atoms with E-state index in [9.17, 15) is 9.59 Å². The highest BCUT2D eigenvalue weighted by atomic mass is 16.5. The van der Waals surface area contributed by atoms with E-state index in [-0.39, 0.29) is 29.7 Å². The van der Waals surface area contributed by atoms with Crippen molar-refractivity contribution in [1.82, 2.24) is 10.2 Å². The molecule has 5 rings (SSSR count).